The number of nitrogens with one attached hydrogen (secondary N) is 2. The lowest BCUT2D eigenvalue weighted by Crippen LogP contribution is -2.58. The van der Waals surface area contributed by atoms with Crippen LogP contribution in [0.5, 0.6) is 0 Å². The van der Waals surface area contributed by atoms with Gasteiger partial charge in [0.25, 0.3) is 5.91 Å². The summed E-state index contributed by atoms with van der Waals surface area (Å²) in [4.78, 5) is 49.2. The Hall–Kier alpha value is -3.92. The molecule has 0 unspecified atom stereocenters. The molecular formula is C35H41ClN6O3. The van der Waals surface area contributed by atoms with Crippen LogP contribution in [0.1, 0.15) is 27.0 Å². The molecule has 0 radical (unpaired) electrons. The van der Waals surface area contributed by atoms with Gasteiger partial charge >= 0.3 is 0 Å². The predicted octanol–water partition coefficient (Wildman–Crippen LogP) is 2.82. The number of nitrogens with zero attached hydrogens (tertiary/aromatic N) is 4. The zero-order valence-corrected chi connectivity index (χ0v) is 26.5. The van der Waals surface area contributed by atoms with Gasteiger partial charge in [0.05, 0.1) is 11.6 Å². The number of anilines is 1. The highest BCUT2D eigenvalue weighted by Crippen LogP contribution is 2.25. The molecule has 0 bridgehead atoms. The number of likely N-dealkylation sites (N-methyl/N-ethyl adjacent to an activating group) is 1. The highest BCUT2D eigenvalue weighted by molar-refractivity contribution is 6.30. The smallest absolute Gasteiger partial charge is 0.256 e. The summed E-state index contributed by atoms with van der Waals surface area (Å²) < 4.78 is 0. The first kappa shape index (κ1) is 31.1. The Bertz CT molecular complexity index is 1520. The highest BCUT2D eigenvalue weighted by Gasteiger charge is 2.33. The Kier molecular flexibility index (Phi) is 9.68. The molecule has 3 aromatic rings. The van der Waals surface area contributed by atoms with Crippen LogP contribution < -0.4 is 15.5 Å². The Morgan fingerprint density at radius 3 is 2.20 bits per heavy atom. The third-order valence-electron chi connectivity index (χ3n) is 9.22. The second-order valence-corrected chi connectivity index (χ2v) is 12.7. The zero-order valence-electron chi connectivity index (χ0n) is 25.8. The maximum absolute atomic E-state index is 14.0. The quantitative estimate of drug-likeness (QED) is 0.419. The third kappa shape index (κ3) is 7.32. The maximum Gasteiger partial charge on any atom is 0.256 e. The molecule has 3 amide bonds. The molecule has 10 heteroatoms. The Morgan fingerprint density at radius 1 is 0.822 bits per heavy atom. The van der Waals surface area contributed by atoms with E-state index < -0.39 is 12.1 Å². The molecule has 0 spiro atoms. The molecule has 3 aliphatic heterocycles. The molecule has 0 aromatic heterocycles. The van der Waals surface area contributed by atoms with E-state index in [1.54, 1.807) is 12.1 Å². The summed E-state index contributed by atoms with van der Waals surface area (Å²) in [6.07, 6.45) is 0.947. The van der Waals surface area contributed by atoms with Crippen LogP contribution in [0.25, 0.3) is 0 Å². The van der Waals surface area contributed by atoms with Crippen LogP contribution in [0.4, 0.5) is 5.69 Å². The van der Waals surface area contributed by atoms with Gasteiger partial charge in [-0.3, -0.25) is 14.4 Å². The second-order valence-electron chi connectivity index (χ2n) is 12.2. The van der Waals surface area contributed by atoms with Gasteiger partial charge in [0.15, 0.2) is 0 Å². The number of para-hydroxylation sites is 1. The van der Waals surface area contributed by atoms with Crippen molar-refractivity contribution in [2.75, 3.05) is 64.3 Å². The van der Waals surface area contributed by atoms with Crippen molar-refractivity contribution in [1.29, 1.82) is 0 Å². The van der Waals surface area contributed by atoms with Crippen LogP contribution in [0.15, 0.2) is 72.8 Å². The number of rotatable bonds is 7. The Morgan fingerprint density at radius 2 is 1.47 bits per heavy atom. The first-order chi connectivity index (χ1) is 21.9. The van der Waals surface area contributed by atoms with Crippen LogP contribution in [0.2, 0.25) is 5.02 Å². The van der Waals surface area contributed by atoms with Gasteiger partial charge in [0, 0.05) is 76.0 Å². The fraction of sp³-hybridized carbons (Fsp3) is 0.400. The van der Waals surface area contributed by atoms with Crippen molar-refractivity contribution in [3.05, 3.63) is 100 Å². The molecule has 6 rings (SSSR count). The number of halogens is 1. The van der Waals surface area contributed by atoms with E-state index in [4.69, 9.17) is 11.6 Å². The van der Waals surface area contributed by atoms with Crippen LogP contribution in [0, 0.1) is 0 Å². The van der Waals surface area contributed by atoms with Crippen LogP contribution in [0.3, 0.4) is 0 Å². The van der Waals surface area contributed by atoms with Crippen molar-refractivity contribution < 1.29 is 14.4 Å². The first-order valence-corrected chi connectivity index (χ1v) is 16.2. The van der Waals surface area contributed by atoms with Gasteiger partial charge in [-0.05, 0) is 54.4 Å². The number of fused-ring (bicyclic) bond motifs is 1. The number of hydrogen-bond donors (Lipinski definition) is 2. The summed E-state index contributed by atoms with van der Waals surface area (Å²) in [5.41, 5.74) is 4.88. The van der Waals surface area contributed by atoms with Crippen molar-refractivity contribution in [2.24, 2.45) is 0 Å². The average Bonchev–Trinajstić information content (AvgIpc) is 3.08. The minimum absolute atomic E-state index is 0.0573. The topological polar surface area (TPSA) is 88.2 Å². The first-order valence-electron chi connectivity index (χ1n) is 15.8. The molecule has 9 nitrogen and oxygen atoms in total. The number of hydrogen-bond acceptors (Lipinski definition) is 6. The lowest BCUT2D eigenvalue weighted by atomic mass is 9.95. The van der Waals surface area contributed by atoms with E-state index in [9.17, 15) is 14.4 Å². The van der Waals surface area contributed by atoms with Gasteiger partial charge in [-0.1, -0.05) is 60.1 Å². The summed E-state index contributed by atoms with van der Waals surface area (Å²) in [6.45, 7) is 5.98. The third-order valence-corrected chi connectivity index (χ3v) is 9.47. The van der Waals surface area contributed by atoms with Crippen LogP contribution >= 0.6 is 11.6 Å². The van der Waals surface area contributed by atoms with Gasteiger partial charge in [0.1, 0.15) is 6.04 Å². The van der Waals surface area contributed by atoms with Crippen molar-refractivity contribution >= 4 is 35.0 Å². The SMILES string of the molecule is CN1CCN(C(=O)c2ccccc2N2CCN(C(=O)[C@@H](Cc3ccc(Cl)cc3)NC(=O)[C@@H]3Cc4ccccc4CN3)CC2)CC1. The van der Waals surface area contributed by atoms with E-state index in [2.05, 4.69) is 39.6 Å². The molecule has 236 valence electrons. The van der Waals surface area contributed by atoms with Crippen LogP contribution in [-0.2, 0) is 29.0 Å². The number of carbonyl (C=O) groups is 3. The summed E-state index contributed by atoms with van der Waals surface area (Å²) in [5.74, 6) is -0.218. The fourth-order valence-electron chi connectivity index (χ4n) is 6.47. The minimum Gasteiger partial charge on any atom is -0.367 e. The van der Waals surface area contributed by atoms with E-state index in [1.807, 2.05) is 58.3 Å². The standard InChI is InChI=1S/C35H41ClN6O3/c1-39-14-16-41(17-15-39)34(44)29-8-4-5-9-32(29)40-18-20-42(21-19-40)35(45)31(22-25-10-12-28(36)13-11-25)38-33(43)30-23-26-6-2-3-7-27(26)24-37-30/h2-13,30-31,37H,14-24H2,1H3,(H,38,43)/t30-,31+/m0/s1. The molecule has 2 fully saturated rings. The monoisotopic (exact) mass is 628 g/mol. The molecule has 3 aliphatic rings. The number of amides is 3. The minimum atomic E-state index is -0.713. The van der Waals surface area contributed by atoms with Crippen LogP contribution in [-0.4, -0.2) is 104 Å². The number of benzene rings is 3. The van der Waals surface area contributed by atoms with Gasteiger partial charge < -0.3 is 30.2 Å². The van der Waals surface area contributed by atoms with Crippen molar-refractivity contribution in [1.82, 2.24) is 25.3 Å². The van der Waals surface area contributed by atoms with Gasteiger partial charge in [-0.15, -0.1) is 0 Å². The predicted molar refractivity (Wildman–Crippen MR) is 176 cm³/mol. The lowest BCUT2D eigenvalue weighted by Gasteiger charge is -2.39. The summed E-state index contributed by atoms with van der Waals surface area (Å²) in [6, 6.07) is 22.2. The van der Waals surface area contributed by atoms with Gasteiger partial charge in [0.2, 0.25) is 11.8 Å². The summed E-state index contributed by atoms with van der Waals surface area (Å²) in [5, 5.41) is 7.05. The van der Waals surface area contributed by atoms with Gasteiger partial charge in [-0.2, -0.15) is 0 Å². The molecule has 45 heavy (non-hydrogen) atoms. The number of piperazine rings is 2. The van der Waals surface area contributed by atoms with Crippen molar-refractivity contribution in [2.45, 2.75) is 31.5 Å². The van der Waals surface area contributed by atoms with E-state index in [-0.39, 0.29) is 17.7 Å². The van der Waals surface area contributed by atoms with Gasteiger partial charge in [-0.25, -0.2) is 0 Å². The molecule has 2 saturated heterocycles. The van der Waals surface area contributed by atoms with E-state index in [0.717, 1.165) is 43.0 Å². The average molecular weight is 629 g/mol. The molecule has 2 N–H and O–H groups in total. The molecule has 0 saturated carbocycles. The van der Waals surface area contributed by atoms with Crippen molar-refractivity contribution in [3.63, 3.8) is 0 Å². The number of carbonyl (C=O) groups excluding carboxylic acids is 3. The Balaban J connectivity index is 1.13. The molecular weight excluding hydrogens is 588 g/mol. The highest BCUT2D eigenvalue weighted by atomic mass is 35.5. The van der Waals surface area contributed by atoms with E-state index >= 15 is 0 Å². The summed E-state index contributed by atoms with van der Waals surface area (Å²) in [7, 11) is 2.08. The zero-order chi connectivity index (χ0) is 31.3. The second kappa shape index (κ2) is 14.0. The normalized spacial score (nSPS) is 19.5. The molecule has 0 aliphatic carbocycles. The Labute approximate surface area is 270 Å². The maximum atomic E-state index is 14.0. The largest absolute Gasteiger partial charge is 0.367 e. The summed E-state index contributed by atoms with van der Waals surface area (Å²) >= 11 is 6.12. The molecule has 3 aromatic carbocycles. The molecule has 2 atom stereocenters. The molecule has 3 heterocycles. The lowest BCUT2D eigenvalue weighted by molar-refractivity contribution is -0.137. The van der Waals surface area contributed by atoms with Crippen molar-refractivity contribution in [3.8, 4) is 0 Å². The fourth-order valence-corrected chi connectivity index (χ4v) is 6.59. The van der Waals surface area contributed by atoms with E-state index in [1.165, 1.54) is 5.56 Å². The van der Waals surface area contributed by atoms with E-state index in [0.29, 0.717) is 56.2 Å².